The summed E-state index contributed by atoms with van der Waals surface area (Å²) in [5.74, 6) is 0.867. The van der Waals surface area contributed by atoms with Gasteiger partial charge in [0.25, 0.3) is 0 Å². The lowest BCUT2D eigenvalue weighted by Crippen LogP contribution is -2.22. The van der Waals surface area contributed by atoms with E-state index in [0.29, 0.717) is 12.5 Å². The molecular weight excluding hydrogens is 241 g/mol. The Balaban J connectivity index is 3.43. The third-order valence-corrected chi connectivity index (χ3v) is 1.69. The number of hydrogen-bond acceptors (Lipinski definition) is 2. The molecule has 3 heteroatoms. The minimum atomic E-state index is 0.232. The van der Waals surface area contributed by atoms with Gasteiger partial charge in [-0.05, 0) is 12.8 Å². The summed E-state index contributed by atoms with van der Waals surface area (Å²) in [5.41, 5.74) is 0. The molecule has 0 aliphatic heterocycles. The van der Waals surface area contributed by atoms with E-state index < -0.39 is 0 Å². The zero-order valence-corrected chi connectivity index (χ0v) is 8.88. The molecule has 0 aliphatic rings. The number of carbonyl (C=O) groups excluding carboxylic acids is 1. The zero-order chi connectivity index (χ0) is 8.15. The Labute approximate surface area is 76.5 Å². The Morgan fingerprint density at radius 3 is 2.40 bits per heavy atom. The van der Waals surface area contributed by atoms with Crippen LogP contribution < -0.4 is 0 Å². The Morgan fingerprint density at radius 1 is 1.60 bits per heavy atom. The van der Waals surface area contributed by atoms with Crippen molar-refractivity contribution in [3.05, 3.63) is 0 Å². The predicted molar refractivity (Wildman–Crippen MR) is 51.1 cm³/mol. The normalized spacial score (nSPS) is 11.0. The topological polar surface area (TPSA) is 20.3 Å². The largest absolute Gasteiger partial charge is 0.299 e. The summed E-state index contributed by atoms with van der Waals surface area (Å²) < 4.78 is 2.02. The van der Waals surface area contributed by atoms with Crippen molar-refractivity contribution < 1.29 is 4.79 Å². The summed E-state index contributed by atoms with van der Waals surface area (Å²) in [6, 6.07) is 0. The van der Waals surface area contributed by atoms with Crippen LogP contribution >= 0.6 is 22.9 Å². The number of halogens is 1. The summed E-state index contributed by atoms with van der Waals surface area (Å²) in [4.78, 5) is 10.6. The van der Waals surface area contributed by atoms with E-state index in [1.54, 1.807) is 6.92 Å². The summed E-state index contributed by atoms with van der Waals surface area (Å²) >= 11 is 2.18. The van der Waals surface area contributed by atoms with Gasteiger partial charge in [-0.3, -0.25) is 4.79 Å². The molecule has 60 valence electrons. The fourth-order valence-corrected chi connectivity index (χ4v) is 1.97. The maximum absolute atomic E-state index is 10.6. The Bertz CT molecular complexity index is 114. The highest BCUT2D eigenvalue weighted by molar-refractivity contribution is 14.1. The van der Waals surface area contributed by atoms with Gasteiger partial charge in [-0.25, -0.2) is 3.11 Å². The third-order valence-electron chi connectivity index (χ3n) is 0.957. The summed E-state index contributed by atoms with van der Waals surface area (Å²) in [5, 5.41) is 0. The van der Waals surface area contributed by atoms with Gasteiger partial charge < -0.3 is 0 Å². The average molecular weight is 255 g/mol. The Kier molecular flexibility index (Phi) is 5.25. The molecule has 0 aliphatic carbocycles. The maximum atomic E-state index is 10.6. The number of ketones is 1. The highest BCUT2D eigenvalue weighted by atomic mass is 127. The van der Waals surface area contributed by atoms with Crippen LogP contribution in [0.15, 0.2) is 0 Å². The van der Waals surface area contributed by atoms with Crippen molar-refractivity contribution in [1.29, 1.82) is 0 Å². The van der Waals surface area contributed by atoms with Crippen molar-refractivity contribution in [3.8, 4) is 0 Å². The van der Waals surface area contributed by atoms with E-state index in [-0.39, 0.29) is 5.78 Å². The van der Waals surface area contributed by atoms with Gasteiger partial charge >= 0.3 is 0 Å². The van der Waals surface area contributed by atoms with Crippen LogP contribution in [0, 0.1) is 5.92 Å². The second-order valence-corrected chi connectivity index (χ2v) is 4.26. The highest BCUT2D eigenvalue weighted by Crippen LogP contribution is 2.03. The second-order valence-electron chi connectivity index (χ2n) is 2.90. The van der Waals surface area contributed by atoms with E-state index in [0.717, 1.165) is 6.54 Å². The van der Waals surface area contributed by atoms with Crippen LogP contribution in [-0.2, 0) is 4.79 Å². The van der Waals surface area contributed by atoms with Crippen LogP contribution in [0.1, 0.15) is 20.8 Å². The lowest BCUT2D eigenvalue weighted by Gasteiger charge is -2.13. The smallest absolute Gasteiger partial charge is 0.144 e. The van der Waals surface area contributed by atoms with Gasteiger partial charge in [-0.1, -0.05) is 13.8 Å². The molecule has 0 bridgehead atoms. The van der Waals surface area contributed by atoms with Crippen LogP contribution in [0.2, 0.25) is 0 Å². The van der Waals surface area contributed by atoms with Crippen molar-refractivity contribution in [3.63, 3.8) is 0 Å². The number of hydrogen-bond donors (Lipinski definition) is 0. The minimum absolute atomic E-state index is 0.232. The van der Waals surface area contributed by atoms with Crippen LogP contribution in [-0.4, -0.2) is 22.0 Å². The van der Waals surface area contributed by atoms with Crippen molar-refractivity contribution in [2.75, 3.05) is 13.1 Å². The molecular formula is C7H14INO. The molecule has 0 saturated carbocycles. The first kappa shape index (κ1) is 10.4. The van der Waals surface area contributed by atoms with E-state index in [4.69, 9.17) is 0 Å². The van der Waals surface area contributed by atoms with Crippen LogP contribution in [0.5, 0.6) is 0 Å². The van der Waals surface area contributed by atoms with E-state index in [9.17, 15) is 4.79 Å². The van der Waals surface area contributed by atoms with Crippen LogP contribution in [0.3, 0.4) is 0 Å². The molecule has 0 radical (unpaired) electrons. The standard InChI is InChI=1S/C7H14INO/c1-6(2)4-9(8)5-7(3)10/h6H,4-5H2,1-3H3. The fraction of sp³-hybridized carbons (Fsp3) is 0.857. The molecule has 0 rings (SSSR count). The Morgan fingerprint density at radius 2 is 2.10 bits per heavy atom. The molecule has 0 atom stereocenters. The van der Waals surface area contributed by atoms with Gasteiger partial charge in [-0.2, -0.15) is 0 Å². The maximum Gasteiger partial charge on any atom is 0.144 e. The molecule has 0 amide bonds. The van der Waals surface area contributed by atoms with Crippen molar-refractivity contribution in [1.82, 2.24) is 3.11 Å². The fourth-order valence-electron chi connectivity index (χ4n) is 0.702. The van der Waals surface area contributed by atoms with E-state index in [2.05, 4.69) is 36.7 Å². The minimum Gasteiger partial charge on any atom is -0.299 e. The second kappa shape index (κ2) is 5.07. The average Bonchev–Trinajstić information content (AvgIpc) is 1.58. The summed E-state index contributed by atoms with van der Waals surface area (Å²) in [6.45, 7) is 7.46. The van der Waals surface area contributed by atoms with E-state index in [1.165, 1.54) is 0 Å². The van der Waals surface area contributed by atoms with Gasteiger partial charge in [0, 0.05) is 29.4 Å². The SMILES string of the molecule is CC(=O)CN(I)CC(C)C. The molecule has 10 heavy (non-hydrogen) atoms. The summed E-state index contributed by atoms with van der Waals surface area (Å²) in [7, 11) is 0. The first-order valence-corrected chi connectivity index (χ1v) is 4.39. The van der Waals surface area contributed by atoms with Gasteiger partial charge in [-0.15, -0.1) is 0 Å². The lowest BCUT2D eigenvalue weighted by molar-refractivity contribution is -0.116. The quantitative estimate of drug-likeness (QED) is 0.564. The third kappa shape index (κ3) is 6.48. The molecule has 0 aromatic rings. The number of Topliss-reactive ketones (excluding diaryl/α,β-unsaturated/α-hetero) is 1. The first-order valence-electron chi connectivity index (χ1n) is 3.42. The number of carbonyl (C=O) groups is 1. The highest BCUT2D eigenvalue weighted by Gasteiger charge is 2.04. The monoisotopic (exact) mass is 255 g/mol. The first-order chi connectivity index (χ1) is 4.52. The van der Waals surface area contributed by atoms with Crippen molar-refractivity contribution >= 4 is 28.6 Å². The van der Waals surface area contributed by atoms with Gasteiger partial charge in [0.05, 0.1) is 6.54 Å². The van der Waals surface area contributed by atoms with Crippen LogP contribution in [0.4, 0.5) is 0 Å². The van der Waals surface area contributed by atoms with Crippen molar-refractivity contribution in [2.45, 2.75) is 20.8 Å². The molecule has 2 nitrogen and oxygen atoms in total. The summed E-state index contributed by atoms with van der Waals surface area (Å²) in [6.07, 6.45) is 0. The zero-order valence-electron chi connectivity index (χ0n) is 6.72. The van der Waals surface area contributed by atoms with Gasteiger partial charge in [0.1, 0.15) is 5.78 Å². The molecule has 0 unspecified atom stereocenters. The van der Waals surface area contributed by atoms with Crippen molar-refractivity contribution in [2.24, 2.45) is 5.92 Å². The molecule has 0 heterocycles. The molecule has 0 saturated heterocycles. The van der Waals surface area contributed by atoms with Gasteiger partial charge in [0.2, 0.25) is 0 Å². The molecule has 0 N–H and O–H groups in total. The lowest BCUT2D eigenvalue weighted by atomic mass is 10.2. The van der Waals surface area contributed by atoms with Crippen LogP contribution in [0.25, 0.3) is 0 Å². The molecule has 0 aromatic heterocycles. The molecule has 0 aromatic carbocycles. The number of rotatable bonds is 4. The van der Waals surface area contributed by atoms with E-state index >= 15 is 0 Å². The number of nitrogens with zero attached hydrogens (tertiary/aromatic N) is 1. The molecule has 0 spiro atoms. The molecule has 0 fully saturated rings. The Hall–Kier alpha value is 0.360. The predicted octanol–water partition coefficient (Wildman–Crippen LogP) is 1.88. The van der Waals surface area contributed by atoms with E-state index in [1.807, 2.05) is 3.11 Å². The van der Waals surface area contributed by atoms with Gasteiger partial charge in [0.15, 0.2) is 0 Å².